The minimum atomic E-state index is -0.821. The van der Waals surface area contributed by atoms with Crippen LogP contribution in [-0.4, -0.2) is 29.6 Å². The summed E-state index contributed by atoms with van der Waals surface area (Å²) in [6, 6.07) is 3.98. The first-order valence-electron chi connectivity index (χ1n) is 7.57. The van der Waals surface area contributed by atoms with E-state index in [1.807, 2.05) is 0 Å². The zero-order valence-corrected chi connectivity index (χ0v) is 13.4. The van der Waals surface area contributed by atoms with E-state index in [9.17, 15) is 8.78 Å². The number of rotatable bonds is 8. The molecule has 0 amide bonds. The molecule has 0 aromatic heterocycles. The molecule has 3 nitrogen and oxygen atoms in total. The van der Waals surface area contributed by atoms with Crippen LogP contribution < -0.4 is 11.3 Å². The van der Waals surface area contributed by atoms with Crippen LogP contribution in [0.25, 0.3) is 0 Å². The third-order valence-corrected chi connectivity index (χ3v) is 4.58. The topological polar surface area (TPSA) is 41.3 Å². The molecule has 3 N–H and O–H groups in total. The predicted molar refractivity (Wildman–Crippen MR) is 82.8 cm³/mol. The van der Waals surface area contributed by atoms with Gasteiger partial charge < -0.3 is 0 Å². The molecule has 120 valence electrons. The number of hydrogen-bond acceptors (Lipinski definition) is 3. The molecule has 0 saturated heterocycles. The van der Waals surface area contributed by atoms with Crippen molar-refractivity contribution in [3.8, 4) is 0 Å². The largest absolute Gasteiger partial charge is 0.297 e. The third kappa shape index (κ3) is 3.99. The molecule has 1 aromatic rings. The molecular weight excluding hydrogens is 272 g/mol. The Morgan fingerprint density at radius 2 is 1.81 bits per heavy atom. The first-order valence-corrected chi connectivity index (χ1v) is 7.57. The quantitative estimate of drug-likeness (QED) is 0.573. The minimum absolute atomic E-state index is 0.0488. The summed E-state index contributed by atoms with van der Waals surface area (Å²) in [6.07, 6.45) is 1.46. The van der Waals surface area contributed by atoms with Crippen LogP contribution in [0, 0.1) is 11.6 Å². The Bertz CT molecular complexity index is 449. The van der Waals surface area contributed by atoms with Gasteiger partial charge in [0.25, 0.3) is 0 Å². The molecular formula is C16H27F2N3. The zero-order valence-electron chi connectivity index (χ0n) is 13.4. The lowest BCUT2D eigenvalue weighted by atomic mass is 9.83. The standard InChI is InChI=1S/C16H27F2N3/c1-5-16(4,21(6-2)7-3)15(20-19)11-12-8-9-13(17)14(18)10-12/h8-10,15,20H,5-7,11,19H2,1-4H3. The maximum absolute atomic E-state index is 13.4. The van der Waals surface area contributed by atoms with Gasteiger partial charge in [-0.25, -0.2) is 8.78 Å². The van der Waals surface area contributed by atoms with E-state index in [1.165, 1.54) is 12.1 Å². The van der Waals surface area contributed by atoms with E-state index in [0.717, 1.165) is 25.1 Å². The van der Waals surface area contributed by atoms with Crippen LogP contribution in [0.2, 0.25) is 0 Å². The number of halogens is 2. The lowest BCUT2D eigenvalue weighted by Crippen LogP contribution is -2.61. The minimum Gasteiger partial charge on any atom is -0.297 e. The number of nitrogens with one attached hydrogen (secondary N) is 1. The number of hydrogen-bond donors (Lipinski definition) is 2. The molecule has 0 aliphatic rings. The number of benzene rings is 1. The van der Waals surface area contributed by atoms with Gasteiger partial charge in [-0.05, 0) is 50.6 Å². The van der Waals surface area contributed by atoms with E-state index in [4.69, 9.17) is 5.84 Å². The summed E-state index contributed by atoms with van der Waals surface area (Å²) in [4.78, 5) is 2.34. The molecule has 0 radical (unpaired) electrons. The average Bonchev–Trinajstić information content (AvgIpc) is 2.49. The molecule has 1 rings (SSSR count). The van der Waals surface area contributed by atoms with E-state index < -0.39 is 11.6 Å². The summed E-state index contributed by atoms with van der Waals surface area (Å²) in [5, 5.41) is 0. The Morgan fingerprint density at radius 1 is 1.19 bits per heavy atom. The molecule has 0 aliphatic carbocycles. The van der Waals surface area contributed by atoms with Gasteiger partial charge in [0.1, 0.15) is 0 Å². The van der Waals surface area contributed by atoms with Gasteiger partial charge in [-0.2, -0.15) is 0 Å². The van der Waals surface area contributed by atoms with Crippen LogP contribution in [0.5, 0.6) is 0 Å². The fourth-order valence-corrected chi connectivity index (χ4v) is 3.00. The first-order chi connectivity index (χ1) is 9.92. The lowest BCUT2D eigenvalue weighted by Gasteiger charge is -2.45. The van der Waals surface area contributed by atoms with E-state index in [1.54, 1.807) is 6.07 Å². The zero-order chi connectivity index (χ0) is 16.0. The maximum atomic E-state index is 13.4. The summed E-state index contributed by atoms with van der Waals surface area (Å²) in [7, 11) is 0. The van der Waals surface area contributed by atoms with Crippen molar-refractivity contribution in [3.63, 3.8) is 0 Å². The second-order valence-corrected chi connectivity index (χ2v) is 5.55. The predicted octanol–water partition coefficient (Wildman–Crippen LogP) is 2.85. The monoisotopic (exact) mass is 299 g/mol. The van der Waals surface area contributed by atoms with Gasteiger partial charge in [-0.15, -0.1) is 0 Å². The number of nitrogens with zero attached hydrogens (tertiary/aromatic N) is 1. The Kier molecular flexibility index (Phi) is 6.71. The number of likely N-dealkylation sites (N-methyl/N-ethyl adjacent to an activating group) is 1. The summed E-state index contributed by atoms with van der Waals surface area (Å²) in [5.41, 5.74) is 3.46. The van der Waals surface area contributed by atoms with Crippen molar-refractivity contribution in [2.75, 3.05) is 13.1 Å². The first kappa shape index (κ1) is 18.0. The molecule has 0 heterocycles. The second kappa shape index (κ2) is 7.82. The molecule has 5 heteroatoms. The maximum Gasteiger partial charge on any atom is 0.159 e. The number of nitrogens with two attached hydrogens (primary N) is 1. The summed E-state index contributed by atoms with van der Waals surface area (Å²) < 4.78 is 26.4. The van der Waals surface area contributed by atoms with Crippen LogP contribution in [0.15, 0.2) is 18.2 Å². The fraction of sp³-hybridized carbons (Fsp3) is 0.625. The van der Waals surface area contributed by atoms with Crippen LogP contribution in [0.3, 0.4) is 0 Å². The third-order valence-electron chi connectivity index (χ3n) is 4.58. The van der Waals surface area contributed by atoms with Crippen molar-refractivity contribution in [1.29, 1.82) is 0 Å². The molecule has 0 saturated carbocycles. The van der Waals surface area contributed by atoms with Crippen LogP contribution in [0.4, 0.5) is 8.78 Å². The van der Waals surface area contributed by atoms with Gasteiger partial charge in [0.15, 0.2) is 11.6 Å². The molecule has 0 bridgehead atoms. The highest BCUT2D eigenvalue weighted by Gasteiger charge is 2.36. The van der Waals surface area contributed by atoms with Gasteiger partial charge in [0.05, 0.1) is 0 Å². The highest BCUT2D eigenvalue weighted by Crippen LogP contribution is 2.26. The summed E-state index contributed by atoms with van der Waals surface area (Å²) in [5.74, 6) is 4.12. The lowest BCUT2D eigenvalue weighted by molar-refractivity contribution is 0.0701. The van der Waals surface area contributed by atoms with Gasteiger partial charge in [-0.3, -0.25) is 16.2 Å². The van der Waals surface area contributed by atoms with Crippen LogP contribution in [-0.2, 0) is 6.42 Å². The molecule has 0 fully saturated rings. The Balaban J connectivity index is 3.01. The second-order valence-electron chi connectivity index (χ2n) is 5.55. The van der Waals surface area contributed by atoms with Crippen molar-refractivity contribution in [2.45, 2.75) is 52.1 Å². The van der Waals surface area contributed by atoms with E-state index in [0.29, 0.717) is 6.42 Å². The van der Waals surface area contributed by atoms with Gasteiger partial charge in [0, 0.05) is 11.6 Å². The van der Waals surface area contributed by atoms with Crippen molar-refractivity contribution in [1.82, 2.24) is 10.3 Å². The van der Waals surface area contributed by atoms with Crippen LogP contribution in [0.1, 0.15) is 39.7 Å². The Morgan fingerprint density at radius 3 is 2.24 bits per heavy atom. The smallest absolute Gasteiger partial charge is 0.159 e. The average molecular weight is 299 g/mol. The highest BCUT2D eigenvalue weighted by molar-refractivity contribution is 5.20. The molecule has 2 unspecified atom stereocenters. The normalized spacial score (nSPS) is 16.0. The van der Waals surface area contributed by atoms with Gasteiger partial charge in [-0.1, -0.05) is 26.8 Å². The molecule has 0 spiro atoms. The van der Waals surface area contributed by atoms with Gasteiger partial charge in [0.2, 0.25) is 0 Å². The summed E-state index contributed by atoms with van der Waals surface area (Å²) in [6.45, 7) is 10.3. The molecule has 1 aromatic carbocycles. The fourth-order valence-electron chi connectivity index (χ4n) is 3.00. The van der Waals surface area contributed by atoms with Crippen molar-refractivity contribution in [2.24, 2.45) is 5.84 Å². The van der Waals surface area contributed by atoms with Crippen LogP contribution >= 0.6 is 0 Å². The summed E-state index contributed by atoms with van der Waals surface area (Å²) >= 11 is 0. The molecule has 0 aliphatic heterocycles. The van der Waals surface area contributed by atoms with E-state index in [-0.39, 0.29) is 11.6 Å². The van der Waals surface area contributed by atoms with Crippen molar-refractivity contribution in [3.05, 3.63) is 35.4 Å². The molecule has 2 atom stereocenters. The number of hydrazine groups is 1. The van der Waals surface area contributed by atoms with E-state index >= 15 is 0 Å². The SMILES string of the molecule is CCN(CC)C(C)(CC)C(Cc1ccc(F)c(F)c1)NN. The molecule has 21 heavy (non-hydrogen) atoms. The van der Waals surface area contributed by atoms with Gasteiger partial charge >= 0.3 is 0 Å². The highest BCUT2D eigenvalue weighted by atomic mass is 19.2. The Labute approximate surface area is 126 Å². The Hall–Kier alpha value is -1.04. The van der Waals surface area contributed by atoms with Crippen molar-refractivity contribution >= 4 is 0 Å². The van der Waals surface area contributed by atoms with Crippen molar-refractivity contribution < 1.29 is 8.78 Å². The van der Waals surface area contributed by atoms with E-state index in [2.05, 4.69) is 38.0 Å².